The zero-order valence-electron chi connectivity index (χ0n) is 19.8. The molecule has 0 saturated carbocycles. The number of hydrogen-bond donors (Lipinski definition) is 0. The van der Waals surface area contributed by atoms with Crippen molar-refractivity contribution in [2.24, 2.45) is 7.05 Å². The van der Waals surface area contributed by atoms with Gasteiger partial charge in [0.05, 0.1) is 10.8 Å². The largest absolute Gasteiger partial charge is 1.00 e. The van der Waals surface area contributed by atoms with Crippen molar-refractivity contribution in [3.05, 3.63) is 65.2 Å². The van der Waals surface area contributed by atoms with Crippen molar-refractivity contribution in [1.29, 1.82) is 0 Å². The van der Waals surface area contributed by atoms with E-state index in [1.807, 2.05) is 0 Å². The summed E-state index contributed by atoms with van der Waals surface area (Å²) in [6.07, 6.45) is 0. The quantitative estimate of drug-likeness (QED) is 0.331. The van der Waals surface area contributed by atoms with Crippen molar-refractivity contribution in [1.82, 2.24) is 0 Å². The van der Waals surface area contributed by atoms with Crippen LogP contribution < -0.4 is 31.3 Å². The molecule has 31 heavy (non-hydrogen) atoms. The lowest BCUT2D eigenvalue weighted by Crippen LogP contribution is -3.00. The van der Waals surface area contributed by atoms with Crippen LogP contribution in [-0.4, -0.2) is 28.2 Å². The van der Waals surface area contributed by atoms with Crippen LogP contribution in [-0.2, 0) is 7.05 Å². The molecular weight excluding hydrogens is 446 g/mol. The molecule has 4 rings (SSSR count). The van der Waals surface area contributed by atoms with Crippen LogP contribution >= 0.6 is 0 Å². The number of aromatic nitrogens is 1. The van der Waals surface area contributed by atoms with Crippen LogP contribution in [0.25, 0.3) is 32.9 Å². The van der Waals surface area contributed by atoms with Crippen molar-refractivity contribution >= 4 is 33.2 Å². The summed E-state index contributed by atoms with van der Waals surface area (Å²) in [5.74, 6) is 0. The van der Waals surface area contributed by atoms with Gasteiger partial charge in [0.2, 0.25) is 11.0 Å². The highest BCUT2D eigenvalue weighted by Gasteiger charge is 2.22. The summed E-state index contributed by atoms with van der Waals surface area (Å²) in [6, 6.07) is 18.2. The van der Waals surface area contributed by atoms with Gasteiger partial charge in [0.1, 0.15) is 7.05 Å². The number of fused-ring (bicyclic) bond motifs is 2. The number of pyridine rings is 1. The average Bonchev–Trinajstić information content (AvgIpc) is 2.68. The summed E-state index contributed by atoms with van der Waals surface area (Å²) >= 11 is 0. The van der Waals surface area contributed by atoms with Gasteiger partial charge in [-0.05, 0) is 61.7 Å². The molecular formula is C27H32BrN3. The molecule has 0 N–H and O–H groups in total. The third-order valence-electron chi connectivity index (χ3n) is 6.18. The highest BCUT2D eigenvalue weighted by molar-refractivity contribution is 6.09. The minimum Gasteiger partial charge on any atom is -1.00 e. The molecule has 4 heteroatoms. The molecule has 0 aliphatic heterocycles. The highest BCUT2D eigenvalue weighted by atomic mass is 79.9. The van der Waals surface area contributed by atoms with Gasteiger partial charge in [-0.3, -0.25) is 0 Å². The van der Waals surface area contributed by atoms with Crippen LogP contribution in [0, 0.1) is 20.8 Å². The SMILES string of the molecule is Cc1cc(C)c(-c2c3ccc(N(C)C)cc3[n+](C)c3cc(N(C)C)ccc23)c(C)c1.[Br-]. The van der Waals surface area contributed by atoms with E-state index in [1.54, 1.807) is 0 Å². The Kier molecular flexibility index (Phi) is 6.33. The monoisotopic (exact) mass is 477 g/mol. The molecule has 0 amide bonds. The molecule has 3 nitrogen and oxygen atoms in total. The standard InChI is InChI=1S/C27H32N3.BrH/c1-17-13-18(2)26(19(3)14-17)27-22-11-9-20(28(4)5)15-24(22)30(8)25-16-21(29(6)7)10-12-23(25)27;/h9-16H,1-8H3;1H/q+1;/p-1. The van der Waals surface area contributed by atoms with Crippen LogP contribution in [0.5, 0.6) is 0 Å². The third kappa shape index (κ3) is 3.89. The van der Waals surface area contributed by atoms with Crippen molar-refractivity contribution in [2.75, 3.05) is 38.0 Å². The van der Waals surface area contributed by atoms with E-state index >= 15 is 0 Å². The van der Waals surface area contributed by atoms with E-state index in [2.05, 4.69) is 119 Å². The van der Waals surface area contributed by atoms with Crippen molar-refractivity contribution in [3.63, 3.8) is 0 Å². The van der Waals surface area contributed by atoms with Crippen molar-refractivity contribution in [3.8, 4) is 11.1 Å². The van der Waals surface area contributed by atoms with Gasteiger partial charge in [0.25, 0.3) is 0 Å². The summed E-state index contributed by atoms with van der Waals surface area (Å²) in [7, 11) is 10.6. The van der Waals surface area contributed by atoms with Gasteiger partial charge in [0.15, 0.2) is 0 Å². The van der Waals surface area contributed by atoms with Crippen LogP contribution in [0.2, 0.25) is 0 Å². The van der Waals surface area contributed by atoms with Crippen molar-refractivity contribution < 1.29 is 21.5 Å². The van der Waals surface area contributed by atoms with E-state index in [9.17, 15) is 0 Å². The Labute approximate surface area is 196 Å². The minimum atomic E-state index is 0. The van der Waals surface area contributed by atoms with Gasteiger partial charge in [-0.25, -0.2) is 0 Å². The molecule has 0 fully saturated rings. The maximum Gasteiger partial charge on any atom is 0.215 e. The molecule has 1 heterocycles. The van der Waals surface area contributed by atoms with E-state index < -0.39 is 0 Å². The summed E-state index contributed by atoms with van der Waals surface area (Å²) in [4.78, 5) is 4.34. The Hall–Kier alpha value is -2.59. The number of halogens is 1. The fourth-order valence-corrected chi connectivity index (χ4v) is 4.69. The summed E-state index contributed by atoms with van der Waals surface area (Å²) in [5.41, 5.74) is 11.6. The maximum absolute atomic E-state index is 2.34. The molecule has 0 atom stereocenters. The molecule has 162 valence electrons. The molecule has 0 radical (unpaired) electrons. The first-order chi connectivity index (χ1) is 14.2. The number of benzene rings is 3. The molecule has 0 unspecified atom stereocenters. The molecule has 0 aliphatic carbocycles. The number of rotatable bonds is 3. The van der Waals surface area contributed by atoms with Gasteiger partial charge in [-0.1, -0.05) is 17.7 Å². The first kappa shape index (κ1) is 23.1. The molecule has 0 spiro atoms. The van der Waals surface area contributed by atoms with E-state index in [0.717, 1.165) is 0 Å². The highest BCUT2D eigenvalue weighted by Crippen LogP contribution is 2.39. The number of anilines is 2. The predicted octanol–water partition coefficient (Wildman–Crippen LogP) is 2.55. The lowest BCUT2D eigenvalue weighted by molar-refractivity contribution is -0.617. The van der Waals surface area contributed by atoms with Crippen molar-refractivity contribution in [2.45, 2.75) is 20.8 Å². The summed E-state index contributed by atoms with van der Waals surface area (Å²) in [5, 5.41) is 2.59. The summed E-state index contributed by atoms with van der Waals surface area (Å²) < 4.78 is 2.34. The first-order valence-corrected chi connectivity index (χ1v) is 10.5. The molecule has 1 aromatic heterocycles. The Morgan fingerprint density at radius 3 is 1.42 bits per heavy atom. The zero-order valence-corrected chi connectivity index (χ0v) is 21.4. The smallest absolute Gasteiger partial charge is 0.215 e. The average molecular weight is 478 g/mol. The normalized spacial score (nSPS) is 11.0. The number of nitrogens with zero attached hydrogens (tertiary/aromatic N) is 3. The fourth-order valence-electron chi connectivity index (χ4n) is 4.69. The van der Waals surface area contributed by atoms with Crippen LogP contribution in [0.15, 0.2) is 48.5 Å². The van der Waals surface area contributed by atoms with Gasteiger partial charge < -0.3 is 26.8 Å². The van der Waals surface area contributed by atoms with Crippen LogP contribution in [0.1, 0.15) is 16.7 Å². The molecule has 3 aromatic carbocycles. The molecule has 0 saturated heterocycles. The minimum absolute atomic E-state index is 0. The van der Waals surface area contributed by atoms with Gasteiger partial charge in [0, 0.05) is 57.3 Å². The Bertz CT molecular complexity index is 1200. The lowest BCUT2D eigenvalue weighted by atomic mass is 9.88. The molecule has 4 aromatic rings. The van der Waals surface area contributed by atoms with Crippen LogP contribution in [0.4, 0.5) is 11.4 Å². The van der Waals surface area contributed by atoms with Gasteiger partial charge in [-0.2, -0.15) is 4.57 Å². The lowest BCUT2D eigenvalue weighted by Gasteiger charge is -2.19. The first-order valence-electron chi connectivity index (χ1n) is 10.5. The zero-order chi connectivity index (χ0) is 21.7. The third-order valence-corrected chi connectivity index (χ3v) is 6.18. The van der Waals surface area contributed by atoms with E-state index in [-0.39, 0.29) is 17.0 Å². The second-order valence-electron chi connectivity index (χ2n) is 8.90. The van der Waals surface area contributed by atoms with Crippen LogP contribution in [0.3, 0.4) is 0 Å². The van der Waals surface area contributed by atoms with Gasteiger partial charge in [-0.15, -0.1) is 0 Å². The molecule has 0 aliphatic rings. The second kappa shape index (κ2) is 8.51. The number of aryl methyl sites for hydroxylation is 4. The Morgan fingerprint density at radius 2 is 1.03 bits per heavy atom. The number of hydrogen-bond acceptors (Lipinski definition) is 2. The fraction of sp³-hybridized carbons (Fsp3) is 0.296. The Balaban J connectivity index is 0.00000272. The maximum atomic E-state index is 2.34. The second-order valence-corrected chi connectivity index (χ2v) is 8.90. The van der Waals surface area contributed by atoms with Gasteiger partial charge >= 0.3 is 0 Å². The molecule has 0 bridgehead atoms. The summed E-state index contributed by atoms with van der Waals surface area (Å²) in [6.45, 7) is 6.66. The topological polar surface area (TPSA) is 10.4 Å². The van der Waals surface area contributed by atoms with E-state index in [4.69, 9.17) is 0 Å². The van der Waals surface area contributed by atoms with E-state index in [1.165, 1.54) is 61.0 Å². The van der Waals surface area contributed by atoms with E-state index in [0.29, 0.717) is 0 Å². The predicted molar refractivity (Wildman–Crippen MR) is 131 cm³/mol. The Morgan fingerprint density at radius 1 is 0.613 bits per heavy atom.